The molecule has 0 bridgehead atoms. The van der Waals surface area contributed by atoms with E-state index in [0.29, 0.717) is 5.75 Å². The van der Waals surface area contributed by atoms with Crippen LogP contribution in [0.2, 0.25) is 5.28 Å². The summed E-state index contributed by atoms with van der Waals surface area (Å²) in [4.78, 5) is 7.72. The van der Waals surface area contributed by atoms with Crippen LogP contribution in [0.3, 0.4) is 0 Å². The number of ether oxygens (including phenoxy) is 1. The van der Waals surface area contributed by atoms with Crippen molar-refractivity contribution in [1.29, 1.82) is 0 Å². The highest BCUT2D eigenvalue weighted by atomic mass is 35.5. The Balaban J connectivity index is 0.00000112. The van der Waals surface area contributed by atoms with Crippen LogP contribution in [0.1, 0.15) is 12.8 Å². The Morgan fingerprint density at radius 1 is 1.27 bits per heavy atom. The van der Waals surface area contributed by atoms with Crippen LogP contribution in [0, 0.1) is 0 Å². The molecule has 15 heavy (non-hydrogen) atoms. The van der Waals surface area contributed by atoms with E-state index in [2.05, 4.69) is 15.3 Å². The molecule has 0 amide bonds. The average Bonchev–Trinajstić information content (AvgIpc) is 2.23. The average molecular weight is 250 g/mol. The van der Waals surface area contributed by atoms with Crippen molar-refractivity contribution in [3.8, 4) is 5.75 Å². The van der Waals surface area contributed by atoms with Gasteiger partial charge in [-0.15, -0.1) is 12.4 Å². The fourth-order valence-electron chi connectivity index (χ4n) is 1.47. The van der Waals surface area contributed by atoms with Gasteiger partial charge in [0.05, 0.1) is 12.4 Å². The van der Waals surface area contributed by atoms with Gasteiger partial charge in [-0.2, -0.15) is 0 Å². The Bertz CT molecular complexity index is 288. The summed E-state index contributed by atoms with van der Waals surface area (Å²) in [7, 11) is 0. The third kappa shape index (κ3) is 3.81. The molecule has 0 aliphatic carbocycles. The molecule has 1 aromatic rings. The highest BCUT2D eigenvalue weighted by molar-refractivity contribution is 6.28. The molecule has 0 atom stereocenters. The largest absolute Gasteiger partial charge is 0.487 e. The second kappa shape index (κ2) is 6.10. The number of piperidine rings is 1. The van der Waals surface area contributed by atoms with Crippen molar-refractivity contribution >= 4 is 24.0 Å². The Morgan fingerprint density at radius 3 is 2.47 bits per heavy atom. The first-order valence-corrected chi connectivity index (χ1v) is 5.07. The first-order valence-electron chi connectivity index (χ1n) is 4.69. The third-order valence-corrected chi connectivity index (χ3v) is 2.38. The van der Waals surface area contributed by atoms with Gasteiger partial charge < -0.3 is 10.1 Å². The van der Waals surface area contributed by atoms with Crippen LogP contribution in [0.15, 0.2) is 12.4 Å². The number of aromatic nitrogens is 2. The molecule has 1 N–H and O–H groups in total. The first kappa shape index (κ1) is 12.5. The summed E-state index contributed by atoms with van der Waals surface area (Å²) >= 11 is 5.57. The topological polar surface area (TPSA) is 47.0 Å². The van der Waals surface area contributed by atoms with Crippen molar-refractivity contribution in [2.45, 2.75) is 18.9 Å². The lowest BCUT2D eigenvalue weighted by molar-refractivity contribution is 0.161. The maximum Gasteiger partial charge on any atom is 0.222 e. The van der Waals surface area contributed by atoms with E-state index < -0.39 is 0 Å². The van der Waals surface area contributed by atoms with Crippen LogP contribution in [-0.4, -0.2) is 29.2 Å². The smallest absolute Gasteiger partial charge is 0.222 e. The SMILES string of the molecule is Cl.Clc1ncc(OC2CCNCC2)cn1. The monoisotopic (exact) mass is 249 g/mol. The summed E-state index contributed by atoms with van der Waals surface area (Å²) in [5, 5.41) is 3.53. The number of halogens is 2. The van der Waals surface area contributed by atoms with Gasteiger partial charge in [-0.25, -0.2) is 9.97 Å². The quantitative estimate of drug-likeness (QED) is 0.811. The van der Waals surface area contributed by atoms with Crippen molar-refractivity contribution in [1.82, 2.24) is 15.3 Å². The van der Waals surface area contributed by atoms with Gasteiger partial charge >= 0.3 is 0 Å². The maximum absolute atomic E-state index is 5.69. The highest BCUT2D eigenvalue weighted by Gasteiger charge is 2.14. The molecule has 0 saturated carbocycles. The van der Waals surface area contributed by atoms with Crippen LogP contribution in [0.5, 0.6) is 5.75 Å². The normalized spacial score (nSPS) is 16.9. The second-order valence-corrected chi connectivity index (χ2v) is 3.59. The number of rotatable bonds is 2. The van der Waals surface area contributed by atoms with Crippen LogP contribution >= 0.6 is 24.0 Å². The van der Waals surface area contributed by atoms with Crippen LogP contribution in [-0.2, 0) is 0 Å². The van der Waals surface area contributed by atoms with Gasteiger partial charge in [-0.05, 0) is 37.5 Å². The van der Waals surface area contributed by atoms with Gasteiger partial charge in [-0.1, -0.05) is 0 Å². The number of hydrogen-bond donors (Lipinski definition) is 1. The van der Waals surface area contributed by atoms with Crippen LogP contribution in [0.4, 0.5) is 0 Å². The third-order valence-electron chi connectivity index (χ3n) is 2.19. The molecule has 0 aromatic carbocycles. The Morgan fingerprint density at radius 2 is 1.87 bits per heavy atom. The van der Waals surface area contributed by atoms with Gasteiger partial charge in [-0.3, -0.25) is 0 Å². The van der Waals surface area contributed by atoms with E-state index in [9.17, 15) is 0 Å². The van der Waals surface area contributed by atoms with Gasteiger partial charge in [0.15, 0.2) is 5.75 Å². The summed E-state index contributed by atoms with van der Waals surface area (Å²) in [6, 6.07) is 0. The van der Waals surface area contributed by atoms with E-state index in [1.54, 1.807) is 12.4 Å². The van der Waals surface area contributed by atoms with Crippen LogP contribution in [0.25, 0.3) is 0 Å². The molecule has 4 nitrogen and oxygen atoms in total. The van der Waals surface area contributed by atoms with Gasteiger partial charge in [0.2, 0.25) is 5.28 Å². The van der Waals surface area contributed by atoms with Crippen LogP contribution < -0.4 is 10.1 Å². The summed E-state index contributed by atoms with van der Waals surface area (Å²) in [5.74, 6) is 0.696. The standard InChI is InChI=1S/C9H12ClN3O.ClH/c10-9-12-5-8(6-13-9)14-7-1-3-11-4-2-7;/h5-7,11H,1-4H2;1H. The Kier molecular flexibility index (Phi) is 5.08. The summed E-state index contributed by atoms with van der Waals surface area (Å²) < 4.78 is 5.69. The maximum atomic E-state index is 5.69. The molecule has 2 heterocycles. The molecule has 1 aliphatic heterocycles. The van der Waals surface area contributed by atoms with Gasteiger partial charge in [0.1, 0.15) is 6.10 Å². The van der Waals surface area contributed by atoms with E-state index in [-0.39, 0.29) is 23.8 Å². The molecule has 1 aromatic heterocycles. The number of nitrogens with zero attached hydrogens (tertiary/aromatic N) is 2. The Labute approximate surface area is 99.8 Å². The second-order valence-electron chi connectivity index (χ2n) is 3.26. The molecule has 1 aliphatic rings. The zero-order valence-corrected chi connectivity index (χ0v) is 9.72. The minimum Gasteiger partial charge on any atom is -0.487 e. The molecule has 0 spiro atoms. The van der Waals surface area contributed by atoms with Crippen molar-refractivity contribution < 1.29 is 4.74 Å². The molecule has 84 valence electrons. The fraction of sp³-hybridized carbons (Fsp3) is 0.556. The molecule has 0 unspecified atom stereocenters. The summed E-state index contributed by atoms with van der Waals surface area (Å²) in [6.07, 6.45) is 5.56. The van der Waals surface area contributed by atoms with E-state index in [1.807, 2.05) is 0 Å². The lowest BCUT2D eigenvalue weighted by atomic mass is 10.1. The molecular weight excluding hydrogens is 237 g/mol. The van der Waals surface area contributed by atoms with E-state index in [0.717, 1.165) is 25.9 Å². The molecule has 1 fully saturated rings. The van der Waals surface area contributed by atoms with Crippen molar-refractivity contribution in [3.63, 3.8) is 0 Å². The molecule has 6 heteroatoms. The predicted molar refractivity (Wildman–Crippen MR) is 60.8 cm³/mol. The Hall–Kier alpha value is -0.580. The first-order chi connectivity index (χ1) is 6.84. The summed E-state index contributed by atoms with van der Waals surface area (Å²) in [5.41, 5.74) is 0. The minimum atomic E-state index is 0. The number of hydrogen-bond acceptors (Lipinski definition) is 4. The number of nitrogens with one attached hydrogen (secondary N) is 1. The lowest BCUT2D eigenvalue weighted by Gasteiger charge is -2.23. The molecule has 1 saturated heterocycles. The van der Waals surface area contributed by atoms with Crippen molar-refractivity contribution in [3.05, 3.63) is 17.7 Å². The molecule has 2 rings (SSSR count). The molecule has 0 radical (unpaired) electrons. The molecular formula is C9H13Cl2N3O. The highest BCUT2D eigenvalue weighted by Crippen LogP contribution is 2.15. The lowest BCUT2D eigenvalue weighted by Crippen LogP contribution is -2.34. The van der Waals surface area contributed by atoms with E-state index in [4.69, 9.17) is 16.3 Å². The zero-order chi connectivity index (χ0) is 9.80. The van der Waals surface area contributed by atoms with E-state index >= 15 is 0 Å². The van der Waals surface area contributed by atoms with Gasteiger partial charge in [0, 0.05) is 0 Å². The fourth-order valence-corrected chi connectivity index (χ4v) is 1.56. The van der Waals surface area contributed by atoms with Crippen molar-refractivity contribution in [2.75, 3.05) is 13.1 Å². The summed E-state index contributed by atoms with van der Waals surface area (Å²) in [6.45, 7) is 2.03. The van der Waals surface area contributed by atoms with E-state index in [1.165, 1.54) is 0 Å². The zero-order valence-electron chi connectivity index (χ0n) is 8.15. The van der Waals surface area contributed by atoms with Crippen molar-refractivity contribution in [2.24, 2.45) is 0 Å². The predicted octanol–water partition coefficient (Wildman–Crippen LogP) is 1.68. The minimum absolute atomic E-state index is 0. The van der Waals surface area contributed by atoms with Gasteiger partial charge in [0.25, 0.3) is 0 Å².